The van der Waals surface area contributed by atoms with Gasteiger partial charge in [-0.1, -0.05) is 28.8 Å². The van der Waals surface area contributed by atoms with Crippen LogP contribution in [0.15, 0.2) is 27.8 Å². The van der Waals surface area contributed by atoms with Gasteiger partial charge in [0, 0.05) is 21.8 Å². The molecule has 0 unspecified atom stereocenters. The summed E-state index contributed by atoms with van der Waals surface area (Å²) in [5.41, 5.74) is 0.502. The third kappa shape index (κ3) is 3.02. The van der Waals surface area contributed by atoms with Gasteiger partial charge in [-0.15, -0.1) is 11.8 Å². The second kappa shape index (κ2) is 5.87. The summed E-state index contributed by atoms with van der Waals surface area (Å²) in [5, 5.41) is 2.24. The third-order valence-electron chi connectivity index (χ3n) is 3.19. The van der Waals surface area contributed by atoms with Crippen molar-refractivity contribution in [2.75, 3.05) is 11.1 Å². The average molecular weight is 365 g/mol. The molecule has 1 aliphatic rings. The summed E-state index contributed by atoms with van der Waals surface area (Å²) >= 11 is 9.11. The van der Waals surface area contributed by atoms with Crippen LogP contribution in [-0.4, -0.2) is 16.1 Å². The Labute approximate surface area is 118 Å². The van der Waals surface area contributed by atoms with Crippen molar-refractivity contribution < 1.29 is 0 Å². The van der Waals surface area contributed by atoms with Gasteiger partial charge in [0.25, 0.3) is 0 Å². The van der Waals surface area contributed by atoms with E-state index in [9.17, 15) is 0 Å². The Bertz CT molecular complexity index is 351. The summed E-state index contributed by atoms with van der Waals surface area (Å²) in [6.07, 6.45) is 7.35. The van der Waals surface area contributed by atoms with Crippen LogP contribution in [0.4, 0.5) is 0 Å². The van der Waals surface area contributed by atoms with E-state index < -0.39 is 0 Å². The summed E-state index contributed by atoms with van der Waals surface area (Å²) in [6.45, 7) is 0. The molecular formula is C12H15Br2NS. The SMILES string of the molecule is BrCC1(CSc2ncccc2Br)CCCC1. The summed E-state index contributed by atoms with van der Waals surface area (Å²) in [4.78, 5) is 4.41. The Morgan fingerprint density at radius 1 is 1.38 bits per heavy atom. The predicted molar refractivity (Wildman–Crippen MR) is 77.4 cm³/mol. The van der Waals surface area contributed by atoms with Gasteiger partial charge in [0.05, 0.1) is 0 Å². The highest BCUT2D eigenvalue weighted by molar-refractivity contribution is 9.10. The summed E-state index contributed by atoms with van der Waals surface area (Å²) in [7, 11) is 0. The van der Waals surface area contributed by atoms with Gasteiger partial charge in [0.1, 0.15) is 5.03 Å². The number of hydrogen-bond acceptors (Lipinski definition) is 2. The van der Waals surface area contributed by atoms with Crippen molar-refractivity contribution in [3.05, 3.63) is 22.8 Å². The van der Waals surface area contributed by atoms with Crippen LogP contribution in [0, 0.1) is 5.41 Å². The molecule has 1 aromatic rings. The van der Waals surface area contributed by atoms with Gasteiger partial charge in [-0.2, -0.15) is 0 Å². The Morgan fingerprint density at radius 3 is 2.75 bits per heavy atom. The van der Waals surface area contributed by atoms with E-state index in [2.05, 4.69) is 42.9 Å². The normalized spacial score (nSPS) is 18.9. The molecule has 1 aromatic heterocycles. The first kappa shape index (κ1) is 12.9. The van der Waals surface area contributed by atoms with Gasteiger partial charge in [0.15, 0.2) is 0 Å². The van der Waals surface area contributed by atoms with Crippen LogP contribution in [0.5, 0.6) is 0 Å². The lowest BCUT2D eigenvalue weighted by molar-refractivity contribution is 0.405. The molecule has 1 saturated carbocycles. The van der Waals surface area contributed by atoms with Crippen LogP contribution in [0.25, 0.3) is 0 Å². The number of hydrogen-bond donors (Lipinski definition) is 0. The van der Waals surface area contributed by atoms with Gasteiger partial charge in [0.2, 0.25) is 0 Å². The minimum atomic E-state index is 0.502. The Morgan fingerprint density at radius 2 is 2.12 bits per heavy atom. The average Bonchev–Trinajstić information content (AvgIpc) is 2.78. The number of pyridine rings is 1. The minimum Gasteiger partial charge on any atom is -0.249 e. The van der Waals surface area contributed by atoms with Crippen LogP contribution in [0.1, 0.15) is 25.7 Å². The van der Waals surface area contributed by atoms with Crippen molar-refractivity contribution in [3.63, 3.8) is 0 Å². The number of halogens is 2. The first-order valence-electron chi connectivity index (χ1n) is 5.55. The largest absolute Gasteiger partial charge is 0.249 e. The Hall–Kier alpha value is 0.460. The smallest absolute Gasteiger partial charge is 0.110 e. The van der Waals surface area contributed by atoms with Crippen molar-refractivity contribution >= 4 is 43.6 Å². The molecule has 2 rings (SSSR count). The van der Waals surface area contributed by atoms with E-state index in [4.69, 9.17) is 0 Å². The highest BCUT2D eigenvalue weighted by Crippen LogP contribution is 2.43. The number of rotatable bonds is 4. The van der Waals surface area contributed by atoms with Gasteiger partial charge < -0.3 is 0 Å². The molecular weight excluding hydrogens is 350 g/mol. The second-order valence-corrected chi connectivity index (χ2v) is 6.80. The number of aromatic nitrogens is 1. The maximum absolute atomic E-state index is 4.41. The highest BCUT2D eigenvalue weighted by atomic mass is 79.9. The molecule has 0 amide bonds. The lowest BCUT2D eigenvalue weighted by atomic mass is 9.92. The molecule has 4 heteroatoms. The number of alkyl halides is 1. The van der Waals surface area contributed by atoms with Gasteiger partial charge >= 0.3 is 0 Å². The monoisotopic (exact) mass is 363 g/mol. The molecule has 16 heavy (non-hydrogen) atoms. The molecule has 1 nitrogen and oxygen atoms in total. The number of thioether (sulfide) groups is 1. The molecule has 0 aliphatic heterocycles. The van der Waals surface area contributed by atoms with Crippen LogP contribution >= 0.6 is 43.6 Å². The van der Waals surface area contributed by atoms with Crippen molar-refractivity contribution in [2.24, 2.45) is 5.41 Å². The summed E-state index contributed by atoms with van der Waals surface area (Å²) in [6, 6.07) is 4.02. The quantitative estimate of drug-likeness (QED) is 0.557. The zero-order valence-corrected chi connectivity index (χ0v) is 13.1. The van der Waals surface area contributed by atoms with E-state index in [0.717, 1.165) is 14.8 Å². The molecule has 0 saturated heterocycles. The minimum absolute atomic E-state index is 0.502. The summed E-state index contributed by atoms with van der Waals surface area (Å²) < 4.78 is 1.11. The molecule has 0 aromatic carbocycles. The molecule has 0 spiro atoms. The highest BCUT2D eigenvalue weighted by Gasteiger charge is 2.32. The van der Waals surface area contributed by atoms with Crippen molar-refractivity contribution in [1.29, 1.82) is 0 Å². The maximum atomic E-state index is 4.41. The van der Waals surface area contributed by atoms with Crippen LogP contribution < -0.4 is 0 Å². The molecule has 1 heterocycles. The second-order valence-electron chi connectivity index (χ2n) is 4.42. The molecule has 1 aliphatic carbocycles. The van der Waals surface area contributed by atoms with Gasteiger partial charge in [-0.25, -0.2) is 4.98 Å². The van der Waals surface area contributed by atoms with Crippen LogP contribution in [0.3, 0.4) is 0 Å². The lowest BCUT2D eigenvalue weighted by Gasteiger charge is -2.25. The first-order valence-corrected chi connectivity index (χ1v) is 8.45. The van der Waals surface area contributed by atoms with E-state index in [1.54, 1.807) is 0 Å². The molecule has 0 radical (unpaired) electrons. The first-order chi connectivity index (χ1) is 7.76. The van der Waals surface area contributed by atoms with E-state index in [1.165, 1.54) is 31.4 Å². The standard InChI is InChI=1S/C12H15Br2NS/c13-8-12(5-1-2-6-12)9-16-11-10(14)4-3-7-15-11/h3-4,7H,1-2,5-6,8-9H2. The molecule has 0 N–H and O–H groups in total. The summed E-state index contributed by atoms with van der Waals surface area (Å²) in [5.74, 6) is 1.17. The van der Waals surface area contributed by atoms with Gasteiger partial charge in [-0.05, 0) is 46.3 Å². The van der Waals surface area contributed by atoms with E-state index >= 15 is 0 Å². The van der Waals surface area contributed by atoms with E-state index in [1.807, 2.05) is 24.0 Å². The van der Waals surface area contributed by atoms with Crippen molar-refractivity contribution in [3.8, 4) is 0 Å². The molecule has 0 atom stereocenters. The fourth-order valence-corrected chi connectivity index (χ4v) is 4.94. The van der Waals surface area contributed by atoms with Crippen LogP contribution in [-0.2, 0) is 0 Å². The van der Waals surface area contributed by atoms with Gasteiger partial charge in [-0.3, -0.25) is 0 Å². The van der Waals surface area contributed by atoms with Crippen LogP contribution in [0.2, 0.25) is 0 Å². The zero-order valence-electron chi connectivity index (χ0n) is 9.09. The number of nitrogens with zero attached hydrogens (tertiary/aromatic N) is 1. The zero-order chi connectivity index (χ0) is 11.4. The van der Waals surface area contributed by atoms with E-state index in [0.29, 0.717) is 5.41 Å². The Kier molecular flexibility index (Phi) is 4.74. The fourth-order valence-electron chi connectivity index (χ4n) is 2.14. The predicted octanol–water partition coefficient (Wildman–Crippen LogP) is 4.89. The molecule has 0 bridgehead atoms. The lowest BCUT2D eigenvalue weighted by Crippen LogP contribution is -2.21. The fraction of sp³-hybridized carbons (Fsp3) is 0.583. The molecule has 88 valence electrons. The Balaban J connectivity index is 1.98. The maximum Gasteiger partial charge on any atom is 0.110 e. The van der Waals surface area contributed by atoms with E-state index in [-0.39, 0.29) is 0 Å². The van der Waals surface area contributed by atoms with Crippen molar-refractivity contribution in [1.82, 2.24) is 4.98 Å². The topological polar surface area (TPSA) is 12.9 Å². The molecule has 1 fully saturated rings. The van der Waals surface area contributed by atoms with Crippen molar-refractivity contribution in [2.45, 2.75) is 30.7 Å². The third-order valence-corrected chi connectivity index (χ3v) is 6.63.